The predicted octanol–water partition coefficient (Wildman–Crippen LogP) is 4.08. The van der Waals surface area contributed by atoms with Crippen LogP contribution in [0, 0.1) is 6.92 Å². The van der Waals surface area contributed by atoms with Crippen molar-refractivity contribution < 1.29 is 4.74 Å². The van der Waals surface area contributed by atoms with E-state index in [-0.39, 0.29) is 0 Å². The maximum Gasteiger partial charge on any atom is 0.162 e. The lowest BCUT2D eigenvalue weighted by Crippen LogP contribution is -2.00. The molecule has 2 N–H and O–H groups in total. The standard InChI is InChI=1S/C19H17N5O/c1-12-10-17(24-23-12)21-19-15-9-8-14(25-2)11-16(15)20-18(22-19)13-6-4-3-5-7-13/h3-11H,1-2H3,(H2,20,21,22,23,24). The van der Waals surface area contributed by atoms with Gasteiger partial charge >= 0.3 is 0 Å². The zero-order valence-corrected chi connectivity index (χ0v) is 13.9. The number of benzene rings is 2. The highest BCUT2D eigenvalue weighted by Crippen LogP contribution is 2.29. The van der Waals surface area contributed by atoms with E-state index in [1.807, 2.05) is 61.5 Å². The van der Waals surface area contributed by atoms with Crippen LogP contribution in [-0.4, -0.2) is 27.3 Å². The monoisotopic (exact) mass is 331 g/mol. The summed E-state index contributed by atoms with van der Waals surface area (Å²) in [7, 11) is 1.64. The summed E-state index contributed by atoms with van der Waals surface area (Å²) in [6, 6.07) is 17.6. The first-order valence-corrected chi connectivity index (χ1v) is 7.93. The summed E-state index contributed by atoms with van der Waals surface area (Å²) in [5.41, 5.74) is 2.74. The molecule has 2 aromatic heterocycles. The van der Waals surface area contributed by atoms with Crippen LogP contribution in [0.4, 0.5) is 11.6 Å². The molecule has 0 saturated carbocycles. The fourth-order valence-electron chi connectivity index (χ4n) is 2.65. The summed E-state index contributed by atoms with van der Waals surface area (Å²) in [4.78, 5) is 9.42. The zero-order valence-electron chi connectivity index (χ0n) is 13.9. The Morgan fingerprint density at radius 2 is 1.84 bits per heavy atom. The number of hydrogen-bond donors (Lipinski definition) is 2. The molecule has 0 spiro atoms. The Morgan fingerprint density at radius 3 is 2.56 bits per heavy atom. The topological polar surface area (TPSA) is 75.7 Å². The number of aromatic nitrogens is 4. The minimum atomic E-state index is 0.649. The minimum absolute atomic E-state index is 0.649. The van der Waals surface area contributed by atoms with Gasteiger partial charge in [0.25, 0.3) is 0 Å². The summed E-state index contributed by atoms with van der Waals surface area (Å²) in [5.74, 6) is 2.83. The van der Waals surface area contributed by atoms with Gasteiger partial charge in [0.05, 0.1) is 12.6 Å². The highest BCUT2D eigenvalue weighted by molar-refractivity contribution is 5.92. The van der Waals surface area contributed by atoms with Crippen LogP contribution >= 0.6 is 0 Å². The molecule has 2 aromatic carbocycles. The first-order valence-electron chi connectivity index (χ1n) is 7.93. The molecule has 6 nitrogen and oxygen atoms in total. The molecular formula is C19H17N5O. The maximum absolute atomic E-state index is 5.33. The normalized spacial score (nSPS) is 10.8. The first kappa shape index (κ1) is 15.1. The van der Waals surface area contributed by atoms with Crippen molar-refractivity contribution in [2.24, 2.45) is 0 Å². The Kier molecular flexibility index (Phi) is 3.78. The SMILES string of the molecule is COc1ccc2c(Nc3cc(C)[nH]n3)nc(-c3ccccc3)nc2c1. The van der Waals surface area contributed by atoms with Crippen molar-refractivity contribution in [1.82, 2.24) is 20.2 Å². The third-order valence-corrected chi connectivity index (χ3v) is 3.89. The number of ether oxygens (including phenoxy) is 1. The van der Waals surface area contributed by atoms with E-state index in [4.69, 9.17) is 14.7 Å². The van der Waals surface area contributed by atoms with E-state index < -0.39 is 0 Å². The lowest BCUT2D eigenvalue weighted by atomic mass is 10.1. The van der Waals surface area contributed by atoms with Gasteiger partial charge in [-0.05, 0) is 19.1 Å². The minimum Gasteiger partial charge on any atom is -0.497 e. The Labute approximate surface area is 144 Å². The van der Waals surface area contributed by atoms with Gasteiger partial charge < -0.3 is 10.1 Å². The van der Waals surface area contributed by atoms with Crippen LogP contribution in [0.5, 0.6) is 5.75 Å². The Bertz CT molecular complexity index is 1030. The second-order valence-corrected chi connectivity index (χ2v) is 5.71. The number of H-pyrrole nitrogens is 1. The van der Waals surface area contributed by atoms with Gasteiger partial charge in [0.15, 0.2) is 11.6 Å². The molecule has 4 aromatic rings. The number of rotatable bonds is 4. The largest absolute Gasteiger partial charge is 0.497 e. The number of hydrogen-bond acceptors (Lipinski definition) is 5. The molecule has 0 saturated heterocycles. The van der Waals surface area contributed by atoms with E-state index in [1.54, 1.807) is 7.11 Å². The van der Waals surface area contributed by atoms with Crippen molar-refractivity contribution >= 4 is 22.5 Å². The lowest BCUT2D eigenvalue weighted by molar-refractivity contribution is 0.415. The van der Waals surface area contributed by atoms with Gasteiger partial charge in [-0.25, -0.2) is 9.97 Å². The summed E-state index contributed by atoms with van der Waals surface area (Å²) < 4.78 is 5.33. The lowest BCUT2D eigenvalue weighted by Gasteiger charge is -2.10. The molecule has 25 heavy (non-hydrogen) atoms. The molecule has 0 radical (unpaired) electrons. The van der Waals surface area contributed by atoms with E-state index in [9.17, 15) is 0 Å². The number of aromatic amines is 1. The average molecular weight is 331 g/mol. The highest BCUT2D eigenvalue weighted by Gasteiger charge is 2.11. The van der Waals surface area contributed by atoms with Crippen LogP contribution in [-0.2, 0) is 0 Å². The second kappa shape index (κ2) is 6.24. The molecule has 124 valence electrons. The van der Waals surface area contributed by atoms with Crippen LogP contribution in [0.15, 0.2) is 54.6 Å². The number of methoxy groups -OCH3 is 1. The third-order valence-electron chi connectivity index (χ3n) is 3.89. The molecule has 0 bridgehead atoms. The first-order chi connectivity index (χ1) is 12.2. The van der Waals surface area contributed by atoms with E-state index >= 15 is 0 Å². The van der Waals surface area contributed by atoms with Crippen LogP contribution in [0.25, 0.3) is 22.3 Å². The number of nitrogens with one attached hydrogen (secondary N) is 2. The molecule has 0 unspecified atom stereocenters. The number of fused-ring (bicyclic) bond motifs is 1. The van der Waals surface area contributed by atoms with Crippen LogP contribution in [0.3, 0.4) is 0 Å². The summed E-state index contributed by atoms with van der Waals surface area (Å²) in [5, 5.41) is 11.3. The summed E-state index contributed by atoms with van der Waals surface area (Å²) in [6.45, 7) is 1.95. The molecule has 6 heteroatoms. The van der Waals surface area contributed by atoms with Crippen molar-refractivity contribution in [1.29, 1.82) is 0 Å². The summed E-state index contributed by atoms with van der Waals surface area (Å²) >= 11 is 0. The van der Waals surface area contributed by atoms with E-state index in [0.717, 1.165) is 27.9 Å². The maximum atomic E-state index is 5.33. The average Bonchev–Trinajstić information content (AvgIpc) is 3.06. The van der Waals surface area contributed by atoms with Crippen molar-refractivity contribution in [3.63, 3.8) is 0 Å². The Balaban J connectivity index is 1.89. The molecule has 0 amide bonds. The molecule has 4 rings (SSSR count). The summed E-state index contributed by atoms with van der Waals surface area (Å²) in [6.07, 6.45) is 0. The number of anilines is 2. The van der Waals surface area contributed by atoms with Crippen LogP contribution in [0.1, 0.15) is 5.69 Å². The van der Waals surface area contributed by atoms with E-state index in [0.29, 0.717) is 17.5 Å². The molecule has 0 fully saturated rings. The van der Waals surface area contributed by atoms with Crippen molar-refractivity contribution in [3.05, 3.63) is 60.3 Å². The Morgan fingerprint density at radius 1 is 1.00 bits per heavy atom. The van der Waals surface area contributed by atoms with E-state index in [1.165, 1.54) is 0 Å². The molecule has 0 aliphatic rings. The van der Waals surface area contributed by atoms with Crippen molar-refractivity contribution in [3.8, 4) is 17.1 Å². The molecule has 2 heterocycles. The molecule has 0 atom stereocenters. The van der Waals surface area contributed by atoms with Gasteiger partial charge in [0.2, 0.25) is 0 Å². The van der Waals surface area contributed by atoms with Crippen molar-refractivity contribution in [2.75, 3.05) is 12.4 Å². The van der Waals surface area contributed by atoms with Gasteiger partial charge in [-0.15, -0.1) is 0 Å². The van der Waals surface area contributed by atoms with E-state index in [2.05, 4.69) is 15.5 Å². The molecule has 0 aliphatic carbocycles. The smallest absolute Gasteiger partial charge is 0.162 e. The fraction of sp³-hybridized carbons (Fsp3) is 0.105. The molecular weight excluding hydrogens is 314 g/mol. The van der Waals surface area contributed by atoms with Gasteiger partial charge in [-0.2, -0.15) is 5.10 Å². The second-order valence-electron chi connectivity index (χ2n) is 5.71. The van der Waals surface area contributed by atoms with Gasteiger partial charge in [0, 0.05) is 28.8 Å². The quantitative estimate of drug-likeness (QED) is 0.589. The zero-order chi connectivity index (χ0) is 17.2. The Hall–Kier alpha value is -3.41. The third kappa shape index (κ3) is 3.01. The number of nitrogens with zero attached hydrogens (tertiary/aromatic N) is 3. The van der Waals surface area contributed by atoms with Gasteiger partial charge in [0.1, 0.15) is 11.6 Å². The number of aryl methyl sites for hydroxylation is 1. The highest BCUT2D eigenvalue weighted by atomic mass is 16.5. The fourth-order valence-corrected chi connectivity index (χ4v) is 2.65. The predicted molar refractivity (Wildman–Crippen MR) is 98.1 cm³/mol. The van der Waals surface area contributed by atoms with Gasteiger partial charge in [-0.1, -0.05) is 30.3 Å². The molecule has 0 aliphatic heterocycles. The van der Waals surface area contributed by atoms with Crippen molar-refractivity contribution in [2.45, 2.75) is 6.92 Å². The van der Waals surface area contributed by atoms with Crippen LogP contribution < -0.4 is 10.1 Å². The van der Waals surface area contributed by atoms with Crippen LogP contribution in [0.2, 0.25) is 0 Å². The van der Waals surface area contributed by atoms with Gasteiger partial charge in [-0.3, -0.25) is 5.10 Å².